The first-order valence-corrected chi connectivity index (χ1v) is 6.33. The van der Waals surface area contributed by atoms with Crippen molar-refractivity contribution in [2.24, 2.45) is 0 Å². The van der Waals surface area contributed by atoms with Crippen molar-refractivity contribution in [1.29, 1.82) is 0 Å². The summed E-state index contributed by atoms with van der Waals surface area (Å²) in [6.07, 6.45) is 6.18. The molecular formula is C10H14Cl2N4. The first kappa shape index (κ1) is 11.9. The fourth-order valence-electron chi connectivity index (χ4n) is 1.95. The Morgan fingerprint density at radius 1 is 0.875 bits per heavy atom. The lowest BCUT2D eigenvalue weighted by atomic mass is 10.1. The van der Waals surface area contributed by atoms with E-state index in [-0.39, 0.29) is 5.28 Å². The third-order valence-electron chi connectivity index (χ3n) is 2.76. The van der Waals surface area contributed by atoms with Crippen LogP contribution in [0.25, 0.3) is 0 Å². The molecule has 0 saturated carbocycles. The zero-order valence-corrected chi connectivity index (χ0v) is 10.5. The summed E-state index contributed by atoms with van der Waals surface area (Å²) in [5, 5.41) is 7.90. The molecule has 6 heteroatoms. The monoisotopic (exact) mass is 260 g/mol. The van der Waals surface area contributed by atoms with Gasteiger partial charge in [0.2, 0.25) is 5.28 Å². The normalized spacial score (nSPS) is 18.0. The van der Waals surface area contributed by atoms with Crippen molar-refractivity contribution in [3.63, 3.8) is 0 Å². The van der Waals surface area contributed by atoms with E-state index in [1.807, 2.05) is 0 Å². The van der Waals surface area contributed by atoms with Gasteiger partial charge in [-0.05, 0) is 24.4 Å². The molecule has 2 heterocycles. The van der Waals surface area contributed by atoms with E-state index in [0.717, 1.165) is 25.9 Å². The van der Waals surface area contributed by atoms with E-state index in [1.54, 1.807) is 0 Å². The Morgan fingerprint density at radius 2 is 1.50 bits per heavy atom. The summed E-state index contributed by atoms with van der Waals surface area (Å²) in [7, 11) is 0. The van der Waals surface area contributed by atoms with Crippen LogP contribution in [0.5, 0.6) is 0 Å². The molecule has 1 fully saturated rings. The molecule has 1 saturated heterocycles. The molecule has 0 unspecified atom stereocenters. The summed E-state index contributed by atoms with van der Waals surface area (Å²) >= 11 is 11.7. The number of aromatic nitrogens is 3. The zero-order valence-electron chi connectivity index (χ0n) is 8.99. The lowest BCUT2D eigenvalue weighted by Gasteiger charge is -2.25. The predicted octanol–water partition coefficient (Wildman–Crippen LogP) is 2.95. The molecule has 0 atom stereocenters. The largest absolute Gasteiger partial charge is 0.354 e. The number of nitrogens with zero attached hydrogens (tertiary/aromatic N) is 4. The van der Waals surface area contributed by atoms with E-state index in [1.165, 1.54) is 19.3 Å². The van der Waals surface area contributed by atoms with Crippen LogP contribution in [0, 0.1) is 0 Å². The highest BCUT2D eigenvalue weighted by atomic mass is 35.5. The summed E-state index contributed by atoms with van der Waals surface area (Å²) in [6, 6.07) is 0. The van der Waals surface area contributed by atoms with Gasteiger partial charge in [-0.2, -0.15) is 4.98 Å². The molecule has 1 aromatic rings. The second-order valence-corrected chi connectivity index (χ2v) is 4.65. The highest BCUT2D eigenvalue weighted by molar-refractivity contribution is 6.32. The Kier molecular flexibility index (Phi) is 4.18. The third kappa shape index (κ3) is 2.95. The van der Waals surface area contributed by atoms with E-state index in [9.17, 15) is 0 Å². The average Bonchev–Trinajstić information content (AvgIpc) is 2.22. The lowest BCUT2D eigenvalue weighted by Crippen LogP contribution is -2.28. The van der Waals surface area contributed by atoms with Crippen molar-refractivity contribution in [1.82, 2.24) is 15.2 Å². The standard InChI is InChI=1S/C10H14Cl2N4/c11-8-9(13-10(12)15-14-8)16-6-4-2-1-3-5-7-16/h1-7H2. The molecule has 0 radical (unpaired) electrons. The van der Waals surface area contributed by atoms with Crippen LogP contribution in [0.2, 0.25) is 10.4 Å². The van der Waals surface area contributed by atoms with Gasteiger partial charge in [0.05, 0.1) is 0 Å². The molecule has 88 valence electrons. The summed E-state index contributed by atoms with van der Waals surface area (Å²) in [6.45, 7) is 1.93. The van der Waals surface area contributed by atoms with Gasteiger partial charge in [-0.25, -0.2) is 0 Å². The fourth-order valence-corrected chi connectivity index (χ4v) is 2.26. The first-order chi connectivity index (χ1) is 7.77. The molecular weight excluding hydrogens is 247 g/mol. The average molecular weight is 261 g/mol. The summed E-state index contributed by atoms with van der Waals surface area (Å²) in [5.41, 5.74) is 0. The molecule has 2 rings (SSSR count). The predicted molar refractivity (Wildman–Crippen MR) is 65.1 cm³/mol. The molecule has 0 amide bonds. The van der Waals surface area contributed by atoms with Crippen LogP contribution in [0.1, 0.15) is 32.1 Å². The maximum absolute atomic E-state index is 5.99. The number of anilines is 1. The van der Waals surface area contributed by atoms with Gasteiger partial charge >= 0.3 is 0 Å². The van der Waals surface area contributed by atoms with E-state index < -0.39 is 0 Å². The van der Waals surface area contributed by atoms with Crippen molar-refractivity contribution in [3.05, 3.63) is 10.4 Å². The fraction of sp³-hybridized carbons (Fsp3) is 0.700. The van der Waals surface area contributed by atoms with E-state index in [2.05, 4.69) is 20.1 Å². The minimum Gasteiger partial charge on any atom is -0.354 e. The van der Waals surface area contributed by atoms with E-state index in [4.69, 9.17) is 23.2 Å². The molecule has 0 aliphatic carbocycles. The second-order valence-electron chi connectivity index (χ2n) is 3.95. The minimum absolute atomic E-state index is 0.154. The maximum atomic E-state index is 5.99. The number of halogens is 2. The Hall–Kier alpha value is -0.610. The smallest absolute Gasteiger partial charge is 0.245 e. The number of hydrogen-bond donors (Lipinski definition) is 0. The van der Waals surface area contributed by atoms with Crippen molar-refractivity contribution < 1.29 is 0 Å². The molecule has 0 bridgehead atoms. The van der Waals surface area contributed by atoms with Gasteiger partial charge < -0.3 is 4.90 Å². The van der Waals surface area contributed by atoms with Gasteiger partial charge in [0.15, 0.2) is 11.0 Å². The van der Waals surface area contributed by atoms with Gasteiger partial charge in [-0.3, -0.25) is 0 Å². The van der Waals surface area contributed by atoms with Crippen LogP contribution >= 0.6 is 23.2 Å². The van der Waals surface area contributed by atoms with Crippen LogP contribution in [-0.2, 0) is 0 Å². The Bertz CT molecular complexity index is 351. The zero-order chi connectivity index (χ0) is 11.4. The molecule has 1 aromatic heterocycles. The van der Waals surface area contributed by atoms with Gasteiger partial charge in [-0.15, -0.1) is 10.2 Å². The summed E-state index contributed by atoms with van der Waals surface area (Å²) in [5.74, 6) is 0.670. The number of hydrogen-bond acceptors (Lipinski definition) is 4. The quantitative estimate of drug-likeness (QED) is 0.779. The van der Waals surface area contributed by atoms with Gasteiger partial charge in [0.1, 0.15) is 0 Å². The lowest BCUT2D eigenvalue weighted by molar-refractivity contribution is 0.553. The van der Waals surface area contributed by atoms with Crippen LogP contribution < -0.4 is 4.90 Å². The highest BCUT2D eigenvalue weighted by Gasteiger charge is 2.15. The highest BCUT2D eigenvalue weighted by Crippen LogP contribution is 2.23. The molecule has 1 aliphatic heterocycles. The first-order valence-electron chi connectivity index (χ1n) is 5.58. The van der Waals surface area contributed by atoms with Crippen molar-refractivity contribution in [2.75, 3.05) is 18.0 Å². The van der Waals surface area contributed by atoms with E-state index >= 15 is 0 Å². The van der Waals surface area contributed by atoms with Gasteiger partial charge in [0.25, 0.3) is 0 Å². The molecule has 4 nitrogen and oxygen atoms in total. The van der Waals surface area contributed by atoms with Crippen molar-refractivity contribution >= 4 is 29.0 Å². The molecule has 1 aliphatic rings. The van der Waals surface area contributed by atoms with Crippen LogP contribution in [0.15, 0.2) is 0 Å². The second kappa shape index (κ2) is 5.64. The molecule has 0 aromatic carbocycles. The molecule has 0 spiro atoms. The number of rotatable bonds is 1. The van der Waals surface area contributed by atoms with Gasteiger partial charge in [-0.1, -0.05) is 30.9 Å². The summed E-state index contributed by atoms with van der Waals surface area (Å²) < 4.78 is 0. The minimum atomic E-state index is 0.154. The summed E-state index contributed by atoms with van der Waals surface area (Å²) in [4.78, 5) is 6.31. The van der Waals surface area contributed by atoms with Crippen LogP contribution in [-0.4, -0.2) is 28.3 Å². The molecule has 0 N–H and O–H groups in total. The maximum Gasteiger partial charge on any atom is 0.245 e. The SMILES string of the molecule is Clc1nnc(Cl)c(N2CCCCCCC2)n1. The van der Waals surface area contributed by atoms with Crippen LogP contribution in [0.4, 0.5) is 5.82 Å². The third-order valence-corrected chi connectivity index (χ3v) is 3.16. The van der Waals surface area contributed by atoms with Crippen molar-refractivity contribution in [3.8, 4) is 0 Å². The van der Waals surface area contributed by atoms with E-state index in [0.29, 0.717) is 11.0 Å². The van der Waals surface area contributed by atoms with Crippen LogP contribution in [0.3, 0.4) is 0 Å². The Labute approximate surface area is 105 Å². The Morgan fingerprint density at radius 3 is 2.19 bits per heavy atom. The van der Waals surface area contributed by atoms with Gasteiger partial charge in [0, 0.05) is 13.1 Å². The van der Waals surface area contributed by atoms with Crippen molar-refractivity contribution in [2.45, 2.75) is 32.1 Å². The Balaban J connectivity index is 2.16. The topological polar surface area (TPSA) is 41.9 Å². The molecule has 16 heavy (non-hydrogen) atoms.